The number of nitrogens with one attached hydrogen (secondary N) is 1. The van der Waals surface area contributed by atoms with Gasteiger partial charge in [-0.2, -0.15) is 5.10 Å². The average molecular weight is 354 g/mol. The monoisotopic (exact) mass is 354 g/mol. The second-order valence-corrected chi connectivity index (χ2v) is 6.35. The van der Waals surface area contributed by atoms with Crippen LogP contribution in [0.3, 0.4) is 0 Å². The summed E-state index contributed by atoms with van der Waals surface area (Å²) in [5.74, 6) is -1.53. The van der Waals surface area contributed by atoms with E-state index in [1.54, 1.807) is 16.8 Å². The number of rotatable bonds is 4. The van der Waals surface area contributed by atoms with E-state index >= 15 is 0 Å². The molecule has 1 fully saturated rings. The first-order valence-corrected chi connectivity index (χ1v) is 8.31. The number of carbonyl (C=O) groups excluding carboxylic acids is 1. The van der Waals surface area contributed by atoms with Gasteiger partial charge < -0.3 is 5.32 Å². The zero-order chi connectivity index (χ0) is 18.3. The van der Waals surface area contributed by atoms with Gasteiger partial charge >= 0.3 is 0 Å². The summed E-state index contributed by atoms with van der Waals surface area (Å²) in [6.07, 6.45) is 3.74. The molecule has 1 amide bonds. The number of anilines is 1. The van der Waals surface area contributed by atoms with Crippen LogP contribution in [0.2, 0.25) is 0 Å². The standard InChI is InChI=1S/C19H16F2N4O/c1-11-9-16(12-5-6-12)25(24-11)17-8-7-13(10-22-17)23-19(26)18-14(20)3-2-4-15(18)21/h2-4,7-10,12H,5-6H2,1H3,(H,23,26). The van der Waals surface area contributed by atoms with Crippen LogP contribution in [-0.4, -0.2) is 20.7 Å². The Morgan fingerprint density at radius 2 is 1.92 bits per heavy atom. The number of amides is 1. The minimum absolute atomic E-state index is 0.346. The molecule has 0 atom stereocenters. The molecule has 1 N–H and O–H groups in total. The molecule has 2 heterocycles. The molecule has 4 rings (SSSR count). The van der Waals surface area contributed by atoms with Gasteiger partial charge in [0.2, 0.25) is 0 Å². The molecule has 0 aliphatic heterocycles. The summed E-state index contributed by atoms with van der Waals surface area (Å²) < 4.78 is 29.2. The van der Waals surface area contributed by atoms with Crippen molar-refractivity contribution in [2.24, 2.45) is 0 Å². The summed E-state index contributed by atoms with van der Waals surface area (Å²) in [6, 6.07) is 8.69. The number of nitrogens with zero attached hydrogens (tertiary/aromatic N) is 3. The summed E-state index contributed by atoms with van der Waals surface area (Å²) >= 11 is 0. The Kier molecular flexibility index (Phi) is 3.99. The molecule has 1 aliphatic carbocycles. The minimum Gasteiger partial charge on any atom is -0.320 e. The van der Waals surface area contributed by atoms with E-state index in [1.807, 2.05) is 6.92 Å². The van der Waals surface area contributed by atoms with Crippen molar-refractivity contribution in [1.82, 2.24) is 14.8 Å². The largest absolute Gasteiger partial charge is 0.320 e. The molecule has 0 unspecified atom stereocenters. The van der Waals surface area contributed by atoms with Crippen LogP contribution in [0.15, 0.2) is 42.6 Å². The fraction of sp³-hybridized carbons (Fsp3) is 0.211. The summed E-state index contributed by atoms with van der Waals surface area (Å²) in [4.78, 5) is 16.5. The van der Waals surface area contributed by atoms with Gasteiger partial charge in [0.05, 0.1) is 17.6 Å². The molecule has 0 spiro atoms. The third kappa shape index (κ3) is 3.08. The number of benzene rings is 1. The van der Waals surface area contributed by atoms with Gasteiger partial charge in [0.25, 0.3) is 5.91 Å². The number of aryl methyl sites for hydroxylation is 1. The second kappa shape index (κ2) is 6.33. The fourth-order valence-electron chi connectivity index (χ4n) is 2.87. The Hall–Kier alpha value is -3.09. The van der Waals surface area contributed by atoms with Crippen molar-refractivity contribution in [1.29, 1.82) is 0 Å². The predicted octanol–water partition coefficient (Wildman–Crippen LogP) is 3.98. The zero-order valence-electron chi connectivity index (χ0n) is 14.0. The highest BCUT2D eigenvalue weighted by Crippen LogP contribution is 2.40. The highest BCUT2D eigenvalue weighted by Gasteiger charge is 2.28. The maximum atomic E-state index is 13.7. The van der Waals surface area contributed by atoms with E-state index in [-0.39, 0.29) is 0 Å². The molecule has 0 radical (unpaired) electrons. The topological polar surface area (TPSA) is 59.8 Å². The van der Waals surface area contributed by atoms with Crippen LogP contribution in [-0.2, 0) is 0 Å². The van der Waals surface area contributed by atoms with Gasteiger partial charge in [0.1, 0.15) is 17.2 Å². The normalized spacial score (nSPS) is 13.7. The molecule has 1 aromatic carbocycles. The average Bonchev–Trinajstić information content (AvgIpc) is 3.37. The van der Waals surface area contributed by atoms with Gasteiger partial charge in [-0.05, 0) is 50.1 Å². The third-order valence-corrected chi connectivity index (χ3v) is 4.27. The lowest BCUT2D eigenvalue weighted by atomic mass is 10.2. The molecular weight excluding hydrogens is 338 g/mol. The minimum atomic E-state index is -0.909. The lowest BCUT2D eigenvalue weighted by Gasteiger charge is -2.09. The van der Waals surface area contributed by atoms with Crippen LogP contribution in [0.25, 0.3) is 5.82 Å². The quantitative estimate of drug-likeness (QED) is 0.771. The number of hydrogen-bond acceptors (Lipinski definition) is 3. The van der Waals surface area contributed by atoms with E-state index < -0.39 is 23.1 Å². The molecule has 0 bridgehead atoms. The van der Waals surface area contributed by atoms with E-state index in [2.05, 4.69) is 21.5 Å². The van der Waals surface area contributed by atoms with Crippen LogP contribution >= 0.6 is 0 Å². The van der Waals surface area contributed by atoms with Crippen molar-refractivity contribution in [3.8, 4) is 5.82 Å². The molecule has 7 heteroatoms. The number of halogens is 2. The molecule has 1 aliphatic rings. The molecule has 0 saturated heterocycles. The van der Waals surface area contributed by atoms with Gasteiger partial charge in [0, 0.05) is 11.6 Å². The number of carbonyl (C=O) groups is 1. The fourth-order valence-corrected chi connectivity index (χ4v) is 2.87. The van der Waals surface area contributed by atoms with Crippen LogP contribution in [0.1, 0.15) is 40.5 Å². The third-order valence-electron chi connectivity index (χ3n) is 4.27. The van der Waals surface area contributed by atoms with Crippen LogP contribution in [0.4, 0.5) is 14.5 Å². The maximum Gasteiger partial charge on any atom is 0.261 e. The Morgan fingerprint density at radius 1 is 1.19 bits per heavy atom. The van der Waals surface area contributed by atoms with Crippen molar-refractivity contribution in [2.45, 2.75) is 25.7 Å². The predicted molar refractivity (Wildman–Crippen MR) is 92.4 cm³/mol. The molecule has 2 aromatic heterocycles. The lowest BCUT2D eigenvalue weighted by molar-refractivity contribution is 0.101. The first kappa shape index (κ1) is 16.4. The summed E-state index contributed by atoms with van der Waals surface area (Å²) in [7, 11) is 0. The van der Waals surface area contributed by atoms with Crippen LogP contribution < -0.4 is 5.32 Å². The molecule has 5 nitrogen and oxygen atoms in total. The smallest absolute Gasteiger partial charge is 0.261 e. The van der Waals surface area contributed by atoms with E-state index in [1.165, 1.54) is 12.3 Å². The lowest BCUT2D eigenvalue weighted by Crippen LogP contribution is -2.16. The van der Waals surface area contributed by atoms with Gasteiger partial charge in [-0.1, -0.05) is 6.07 Å². The molecule has 132 valence electrons. The van der Waals surface area contributed by atoms with Crippen molar-refractivity contribution in [3.05, 3.63) is 71.2 Å². The molecule has 26 heavy (non-hydrogen) atoms. The zero-order valence-corrected chi connectivity index (χ0v) is 14.0. The first-order valence-electron chi connectivity index (χ1n) is 8.31. The Labute approximate surface area is 148 Å². The van der Waals surface area contributed by atoms with E-state index in [0.29, 0.717) is 17.4 Å². The van der Waals surface area contributed by atoms with Crippen molar-refractivity contribution >= 4 is 11.6 Å². The summed E-state index contributed by atoms with van der Waals surface area (Å²) in [6.45, 7) is 1.93. The number of aromatic nitrogens is 3. The van der Waals surface area contributed by atoms with Crippen LogP contribution in [0, 0.1) is 18.6 Å². The highest BCUT2D eigenvalue weighted by atomic mass is 19.1. The maximum absolute atomic E-state index is 13.7. The summed E-state index contributed by atoms with van der Waals surface area (Å²) in [5, 5.41) is 6.93. The number of hydrogen-bond donors (Lipinski definition) is 1. The highest BCUT2D eigenvalue weighted by molar-refractivity contribution is 6.04. The Bertz CT molecular complexity index is 957. The summed E-state index contributed by atoms with van der Waals surface area (Å²) in [5.41, 5.74) is 1.77. The van der Waals surface area contributed by atoms with E-state index in [0.717, 1.165) is 36.4 Å². The Morgan fingerprint density at radius 3 is 2.54 bits per heavy atom. The molecular formula is C19H16F2N4O. The molecule has 1 saturated carbocycles. The van der Waals surface area contributed by atoms with Gasteiger partial charge in [-0.3, -0.25) is 4.79 Å². The van der Waals surface area contributed by atoms with Gasteiger partial charge in [-0.25, -0.2) is 18.4 Å². The molecule has 3 aromatic rings. The Balaban J connectivity index is 1.56. The first-order chi connectivity index (χ1) is 12.5. The van der Waals surface area contributed by atoms with E-state index in [4.69, 9.17) is 0 Å². The van der Waals surface area contributed by atoms with Crippen molar-refractivity contribution < 1.29 is 13.6 Å². The van der Waals surface area contributed by atoms with Crippen molar-refractivity contribution in [2.75, 3.05) is 5.32 Å². The van der Waals surface area contributed by atoms with E-state index in [9.17, 15) is 13.6 Å². The van der Waals surface area contributed by atoms with Crippen molar-refractivity contribution in [3.63, 3.8) is 0 Å². The number of pyridine rings is 1. The van der Waals surface area contributed by atoms with Gasteiger partial charge in [-0.15, -0.1) is 0 Å². The van der Waals surface area contributed by atoms with Crippen LogP contribution in [0.5, 0.6) is 0 Å². The van der Waals surface area contributed by atoms with Gasteiger partial charge in [0.15, 0.2) is 5.82 Å². The second-order valence-electron chi connectivity index (χ2n) is 6.35. The SMILES string of the molecule is Cc1cc(C2CC2)n(-c2ccc(NC(=O)c3c(F)cccc3F)cn2)n1.